The number of aromatic amines is 1. The second-order valence-corrected chi connectivity index (χ2v) is 7.71. The van der Waals surface area contributed by atoms with Gasteiger partial charge in [-0.3, -0.25) is 4.79 Å². The lowest BCUT2D eigenvalue weighted by Crippen LogP contribution is -2.32. The molecular weight excluding hydrogens is 343 g/mol. The Morgan fingerprint density at radius 2 is 1.96 bits per heavy atom. The average molecular weight is 364 g/mol. The molecule has 3 heterocycles. The number of benzene rings is 2. The van der Waals surface area contributed by atoms with Crippen LogP contribution in [0.4, 0.5) is 4.39 Å². The highest BCUT2D eigenvalue weighted by molar-refractivity contribution is 6.11. The summed E-state index contributed by atoms with van der Waals surface area (Å²) in [6.07, 6.45) is 2.31. The van der Waals surface area contributed by atoms with Gasteiger partial charge in [-0.1, -0.05) is 24.3 Å². The molecule has 1 atom stereocenters. The van der Waals surface area contributed by atoms with Crippen LogP contribution in [0.5, 0.6) is 0 Å². The van der Waals surface area contributed by atoms with E-state index in [-0.39, 0.29) is 17.9 Å². The number of ether oxygens (including phenoxy) is 1. The van der Waals surface area contributed by atoms with Crippen molar-refractivity contribution in [1.82, 2.24) is 10.3 Å². The van der Waals surface area contributed by atoms with Gasteiger partial charge < -0.3 is 15.0 Å². The minimum atomic E-state index is -0.414. The van der Waals surface area contributed by atoms with Gasteiger partial charge in [0, 0.05) is 27.6 Å². The summed E-state index contributed by atoms with van der Waals surface area (Å²) >= 11 is 0. The molecular formula is C22H21FN2O2. The van der Waals surface area contributed by atoms with E-state index in [1.165, 1.54) is 24.1 Å². The zero-order valence-corrected chi connectivity index (χ0v) is 15.2. The Kier molecular flexibility index (Phi) is 3.71. The van der Waals surface area contributed by atoms with Crippen LogP contribution in [0.1, 0.15) is 41.3 Å². The fourth-order valence-corrected chi connectivity index (χ4v) is 4.45. The fourth-order valence-electron chi connectivity index (χ4n) is 4.45. The second kappa shape index (κ2) is 6.01. The van der Waals surface area contributed by atoms with Crippen LogP contribution in [0, 0.1) is 5.82 Å². The number of hydrogen-bond acceptors (Lipinski definition) is 3. The molecule has 3 aromatic rings. The Labute approximate surface area is 156 Å². The molecule has 0 amide bonds. The molecule has 2 aromatic carbocycles. The van der Waals surface area contributed by atoms with Crippen molar-refractivity contribution in [3.63, 3.8) is 0 Å². The number of rotatable bonds is 2. The number of halogens is 1. The third-order valence-corrected chi connectivity index (χ3v) is 5.93. The molecule has 2 N–H and O–H groups in total. The van der Waals surface area contributed by atoms with Gasteiger partial charge in [-0.05, 0) is 49.6 Å². The first kappa shape index (κ1) is 16.7. The zero-order chi connectivity index (χ0) is 18.6. The predicted molar refractivity (Wildman–Crippen MR) is 102 cm³/mol. The molecule has 2 aliphatic rings. The molecule has 2 aliphatic heterocycles. The summed E-state index contributed by atoms with van der Waals surface area (Å²) in [5.74, 6) is -0.595. The largest absolute Gasteiger partial charge is 0.369 e. The van der Waals surface area contributed by atoms with E-state index in [0.717, 1.165) is 35.2 Å². The maximum absolute atomic E-state index is 14.0. The number of aromatic nitrogens is 1. The van der Waals surface area contributed by atoms with E-state index < -0.39 is 5.82 Å². The molecule has 5 heteroatoms. The molecule has 0 saturated carbocycles. The SMILES string of the molecule is CC1(c2ccc(-c3[nH]c4cc(F)cc5c4c3COCC5=O)cc2)CCCN1. The van der Waals surface area contributed by atoms with E-state index in [0.29, 0.717) is 17.7 Å². The van der Waals surface area contributed by atoms with E-state index in [9.17, 15) is 9.18 Å². The molecule has 138 valence electrons. The Morgan fingerprint density at radius 1 is 1.15 bits per heavy atom. The van der Waals surface area contributed by atoms with Gasteiger partial charge in [-0.2, -0.15) is 0 Å². The monoisotopic (exact) mass is 364 g/mol. The number of H-pyrrole nitrogens is 1. The van der Waals surface area contributed by atoms with Crippen molar-refractivity contribution in [3.05, 3.63) is 58.9 Å². The van der Waals surface area contributed by atoms with Crippen molar-refractivity contribution >= 4 is 16.7 Å². The molecule has 1 unspecified atom stereocenters. The Balaban J connectivity index is 1.64. The lowest BCUT2D eigenvalue weighted by molar-refractivity contribution is 0.0742. The van der Waals surface area contributed by atoms with Crippen LogP contribution < -0.4 is 5.32 Å². The molecule has 1 fully saturated rings. The lowest BCUT2D eigenvalue weighted by Gasteiger charge is -2.25. The lowest BCUT2D eigenvalue weighted by atomic mass is 9.89. The average Bonchev–Trinajstić information content (AvgIpc) is 3.21. The molecule has 1 saturated heterocycles. The van der Waals surface area contributed by atoms with Gasteiger partial charge in [0.15, 0.2) is 5.78 Å². The quantitative estimate of drug-likeness (QED) is 0.713. The van der Waals surface area contributed by atoms with Crippen LogP contribution in [0.25, 0.3) is 22.2 Å². The van der Waals surface area contributed by atoms with Crippen molar-refractivity contribution in [2.45, 2.75) is 31.9 Å². The van der Waals surface area contributed by atoms with Crippen LogP contribution >= 0.6 is 0 Å². The van der Waals surface area contributed by atoms with Gasteiger partial charge in [-0.15, -0.1) is 0 Å². The summed E-state index contributed by atoms with van der Waals surface area (Å²) in [6, 6.07) is 11.2. The van der Waals surface area contributed by atoms with Crippen LogP contribution in [0.2, 0.25) is 0 Å². The van der Waals surface area contributed by atoms with Crippen LogP contribution in [0.15, 0.2) is 36.4 Å². The summed E-state index contributed by atoms with van der Waals surface area (Å²) in [4.78, 5) is 15.6. The number of carbonyl (C=O) groups excluding carboxylic acids is 1. The highest BCUT2D eigenvalue weighted by Crippen LogP contribution is 2.37. The van der Waals surface area contributed by atoms with E-state index in [2.05, 4.69) is 41.5 Å². The number of ketones is 1. The maximum atomic E-state index is 14.0. The first-order chi connectivity index (χ1) is 13.0. The van der Waals surface area contributed by atoms with Gasteiger partial charge >= 0.3 is 0 Å². The van der Waals surface area contributed by atoms with Gasteiger partial charge in [-0.25, -0.2) is 4.39 Å². The van der Waals surface area contributed by atoms with Gasteiger partial charge in [0.05, 0.1) is 12.3 Å². The third-order valence-electron chi connectivity index (χ3n) is 5.93. The summed E-state index contributed by atoms with van der Waals surface area (Å²) in [5, 5.41) is 4.36. The standard InChI is InChI=1S/C22H21FN2O2/c1-22(7-2-8-24-22)14-5-3-13(4-6-14)21-17-11-27-12-19(26)16-9-15(23)10-18(25-21)20(16)17/h3-6,9-10,24-25H,2,7-8,11-12H2,1H3. The molecule has 0 bridgehead atoms. The Bertz CT molecular complexity index is 1050. The molecule has 0 aliphatic carbocycles. The van der Waals surface area contributed by atoms with Crippen LogP contribution in [0.3, 0.4) is 0 Å². The summed E-state index contributed by atoms with van der Waals surface area (Å²) in [6.45, 7) is 3.60. The highest BCUT2D eigenvalue weighted by atomic mass is 19.1. The van der Waals surface area contributed by atoms with Crippen molar-refractivity contribution in [2.75, 3.05) is 13.2 Å². The van der Waals surface area contributed by atoms with Crippen molar-refractivity contribution < 1.29 is 13.9 Å². The van der Waals surface area contributed by atoms with Gasteiger partial charge in [0.1, 0.15) is 12.4 Å². The minimum Gasteiger partial charge on any atom is -0.369 e. The molecule has 0 radical (unpaired) electrons. The van der Waals surface area contributed by atoms with E-state index >= 15 is 0 Å². The molecule has 0 spiro atoms. The zero-order valence-electron chi connectivity index (χ0n) is 15.2. The Hall–Kier alpha value is -2.50. The first-order valence-electron chi connectivity index (χ1n) is 9.36. The van der Waals surface area contributed by atoms with Gasteiger partial charge in [0.25, 0.3) is 0 Å². The smallest absolute Gasteiger partial charge is 0.189 e. The second-order valence-electron chi connectivity index (χ2n) is 7.71. The molecule has 1 aromatic heterocycles. The number of hydrogen-bond donors (Lipinski definition) is 2. The first-order valence-corrected chi connectivity index (χ1v) is 9.36. The van der Waals surface area contributed by atoms with Crippen molar-refractivity contribution in [3.8, 4) is 11.3 Å². The van der Waals surface area contributed by atoms with Crippen LogP contribution in [-0.4, -0.2) is 23.9 Å². The summed E-state index contributed by atoms with van der Waals surface area (Å²) in [7, 11) is 0. The third kappa shape index (κ3) is 2.61. The normalized spacial score (nSPS) is 22.4. The highest BCUT2D eigenvalue weighted by Gasteiger charge is 2.30. The topological polar surface area (TPSA) is 54.1 Å². The maximum Gasteiger partial charge on any atom is 0.189 e. The number of Topliss-reactive ketones (excluding diaryl/α,β-unsaturated/α-hetero) is 1. The minimum absolute atomic E-state index is 0.0182. The van der Waals surface area contributed by atoms with E-state index in [1.54, 1.807) is 0 Å². The summed E-state index contributed by atoms with van der Waals surface area (Å²) in [5.41, 5.74) is 5.16. The fraction of sp³-hybridized carbons (Fsp3) is 0.318. The molecule has 4 nitrogen and oxygen atoms in total. The number of nitrogens with one attached hydrogen (secondary N) is 2. The Morgan fingerprint density at radius 3 is 2.70 bits per heavy atom. The molecule has 27 heavy (non-hydrogen) atoms. The molecule has 5 rings (SSSR count). The van der Waals surface area contributed by atoms with Crippen molar-refractivity contribution in [1.29, 1.82) is 0 Å². The predicted octanol–water partition coefficient (Wildman–Crippen LogP) is 4.29. The van der Waals surface area contributed by atoms with E-state index in [4.69, 9.17) is 4.74 Å². The van der Waals surface area contributed by atoms with Crippen LogP contribution in [-0.2, 0) is 16.9 Å². The van der Waals surface area contributed by atoms with Gasteiger partial charge in [0.2, 0.25) is 0 Å². The summed E-state index contributed by atoms with van der Waals surface area (Å²) < 4.78 is 19.6. The number of carbonyl (C=O) groups is 1. The van der Waals surface area contributed by atoms with Crippen molar-refractivity contribution in [2.24, 2.45) is 0 Å². The van der Waals surface area contributed by atoms with E-state index in [1.807, 2.05) is 0 Å².